The van der Waals surface area contributed by atoms with Crippen LogP contribution in [0.15, 0.2) is 89.8 Å². The SMILES string of the molecule is C=C/C(F)=C(\N=C)C1(CNc2ccc(-c3ccc(F)c(C(=S)NCCNC(=O)OCc4ccccc4)c3)nn2)CCC1. The maximum absolute atomic E-state index is 14.6. The van der Waals surface area contributed by atoms with Crippen LogP contribution in [0.3, 0.4) is 0 Å². The van der Waals surface area contributed by atoms with Crippen LogP contribution in [0.4, 0.5) is 19.4 Å². The van der Waals surface area contributed by atoms with Crippen LogP contribution in [-0.2, 0) is 11.3 Å². The number of alkyl carbamates (subject to hydrolysis) is 1. The van der Waals surface area contributed by atoms with Crippen LogP contribution in [-0.4, -0.2) is 47.6 Å². The van der Waals surface area contributed by atoms with E-state index in [0.29, 0.717) is 29.3 Å². The number of aromatic nitrogens is 2. The summed E-state index contributed by atoms with van der Waals surface area (Å²) in [5.41, 5.74) is 2.08. The minimum Gasteiger partial charge on any atom is -0.445 e. The van der Waals surface area contributed by atoms with Crippen LogP contribution in [0.5, 0.6) is 0 Å². The number of nitrogens with one attached hydrogen (secondary N) is 3. The smallest absolute Gasteiger partial charge is 0.407 e. The van der Waals surface area contributed by atoms with E-state index in [2.05, 4.69) is 44.4 Å². The van der Waals surface area contributed by atoms with Crippen molar-refractivity contribution in [2.24, 2.45) is 10.4 Å². The van der Waals surface area contributed by atoms with Gasteiger partial charge in [0.05, 0.1) is 11.4 Å². The molecule has 2 aromatic carbocycles. The molecule has 218 valence electrons. The van der Waals surface area contributed by atoms with Crippen LogP contribution in [0, 0.1) is 11.2 Å². The van der Waals surface area contributed by atoms with Gasteiger partial charge in [0.25, 0.3) is 0 Å². The number of hydrogen-bond donors (Lipinski definition) is 3. The van der Waals surface area contributed by atoms with E-state index in [9.17, 15) is 13.6 Å². The van der Waals surface area contributed by atoms with E-state index in [0.717, 1.165) is 30.9 Å². The number of carbonyl (C=O) groups is 1. The Morgan fingerprint density at radius 1 is 1.10 bits per heavy atom. The normalized spacial score (nSPS) is 14.0. The molecule has 42 heavy (non-hydrogen) atoms. The van der Waals surface area contributed by atoms with Crippen molar-refractivity contribution in [2.75, 3.05) is 25.0 Å². The molecule has 1 heterocycles. The van der Waals surface area contributed by atoms with Crippen LogP contribution in [0.1, 0.15) is 30.4 Å². The molecule has 3 N–H and O–H groups in total. The zero-order chi connectivity index (χ0) is 30.0. The number of allylic oxidation sites excluding steroid dienone is 2. The van der Waals surface area contributed by atoms with Crippen molar-refractivity contribution in [2.45, 2.75) is 25.9 Å². The Morgan fingerprint density at radius 3 is 2.50 bits per heavy atom. The molecule has 1 aromatic heterocycles. The third kappa shape index (κ3) is 7.61. The maximum atomic E-state index is 14.6. The quantitative estimate of drug-likeness (QED) is 0.0954. The van der Waals surface area contributed by atoms with Crippen molar-refractivity contribution >= 4 is 35.8 Å². The molecule has 0 spiro atoms. The zero-order valence-electron chi connectivity index (χ0n) is 23.0. The second-order valence-corrected chi connectivity index (χ2v) is 10.2. The predicted octanol–water partition coefficient (Wildman–Crippen LogP) is 6.12. The van der Waals surface area contributed by atoms with E-state index in [-0.39, 0.29) is 30.2 Å². The van der Waals surface area contributed by atoms with Crippen molar-refractivity contribution in [3.05, 3.63) is 102 Å². The largest absolute Gasteiger partial charge is 0.445 e. The lowest BCUT2D eigenvalue weighted by Gasteiger charge is -2.42. The summed E-state index contributed by atoms with van der Waals surface area (Å²) in [4.78, 5) is 16.0. The number of anilines is 1. The summed E-state index contributed by atoms with van der Waals surface area (Å²) in [5.74, 6) is -0.443. The Balaban J connectivity index is 1.30. The summed E-state index contributed by atoms with van der Waals surface area (Å²) in [7, 11) is 0. The first kappa shape index (κ1) is 30.4. The van der Waals surface area contributed by atoms with Gasteiger partial charge in [0.1, 0.15) is 29.1 Å². The molecule has 0 unspecified atom stereocenters. The Kier molecular flexibility index (Phi) is 10.4. The fourth-order valence-electron chi connectivity index (χ4n) is 4.60. The van der Waals surface area contributed by atoms with E-state index in [1.54, 1.807) is 24.3 Å². The first-order valence-corrected chi connectivity index (χ1v) is 13.9. The first-order chi connectivity index (χ1) is 20.3. The highest BCUT2D eigenvalue weighted by Gasteiger charge is 2.42. The van der Waals surface area contributed by atoms with Gasteiger partial charge in [0.15, 0.2) is 0 Å². The number of benzene rings is 2. The number of hydrogen-bond acceptors (Lipinski definition) is 7. The second kappa shape index (κ2) is 14.4. The fourth-order valence-corrected chi connectivity index (χ4v) is 4.86. The first-order valence-electron chi connectivity index (χ1n) is 13.4. The second-order valence-electron chi connectivity index (χ2n) is 9.79. The molecule has 1 saturated carbocycles. The van der Waals surface area contributed by atoms with Gasteiger partial charge in [-0.05, 0) is 61.5 Å². The summed E-state index contributed by atoms with van der Waals surface area (Å²) in [6.45, 7) is 8.14. The van der Waals surface area contributed by atoms with Gasteiger partial charge in [0.2, 0.25) is 0 Å². The molecule has 3 aromatic rings. The molecule has 1 amide bonds. The maximum Gasteiger partial charge on any atom is 0.407 e. The average molecular weight is 591 g/mol. The highest BCUT2D eigenvalue weighted by Crippen LogP contribution is 2.48. The molecular weight excluding hydrogens is 558 g/mol. The molecule has 0 saturated heterocycles. The Bertz CT molecular complexity index is 1460. The van der Waals surface area contributed by atoms with Crippen molar-refractivity contribution in [3.8, 4) is 11.3 Å². The molecule has 0 atom stereocenters. The van der Waals surface area contributed by atoms with Gasteiger partial charge in [-0.1, -0.05) is 55.5 Å². The molecule has 1 aliphatic carbocycles. The molecule has 8 nitrogen and oxygen atoms in total. The average Bonchev–Trinajstić information content (AvgIpc) is 3.00. The lowest BCUT2D eigenvalue weighted by Crippen LogP contribution is -2.38. The van der Waals surface area contributed by atoms with Crippen molar-refractivity contribution in [1.82, 2.24) is 20.8 Å². The van der Waals surface area contributed by atoms with Gasteiger partial charge in [0, 0.05) is 36.2 Å². The molecule has 11 heteroatoms. The third-order valence-electron chi connectivity index (χ3n) is 7.05. The van der Waals surface area contributed by atoms with Gasteiger partial charge in [-0.15, -0.1) is 10.2 Å². The fraction of sp³-hybridized carbons (Fsp3) is 0.258. The number of amides is 1. The topological polar surface area (TPSA) is 101 Å². The lowest BCUT2D eigenvalue weighted by molar-refractivity contribution is 0.140. The third-order valence-corrected chi connectivity index (χ3v) is 7.41. The monoisotopic (exact) mass is 590 g/mol. The summed E-state index contributed by atoms with van der Waals surface area (Å²) in [6, 6.07) is 17.4. The van der Waals surface area contributed by atoms with Gasteiger partial charge >= 0.3 is 6.09 Å². The van der Waals surface area contributed by atoms with Gasteiger partial charge in [-0.25, -0.2) is 13.6 Å². The standard InChI is InChI=1S/C31H32F2N6O2S/c1-3-24(32)28(34-2)31(14-7-15-31)20-37-27-13-12-26(38-39-27)22-10-11-25(33)23(18-22)29(42)35-16-17-36-30(40)41-19-21-8-5-4-6-9-21/h3-6,8-13,18H,1-2,7,14-17,19-20H2,(H,35,42)(H,36,40)(H,37,39)/b28-24+. The van der Waals surface area contributed by atoms with Crippen LogP contribution < -0.4 is 16.0 Å². The molecule has 1 aliphatic rings. The van der Waals surface area contributed by atoms with E-state index in [4.69, 9.17) is 17.0 Å². The van der Waals surface area contributed by atoms with Crippen molar-refractivity contribution < 1.29 is 18.3 Å². The number of aliphatic imine (C=N–C) groups is 1. The van der Waals surface area contributed by atoms with Gasteiger partial charge < -0.3 is 20.7 Å². The Morgan fingerprint density at radius 2 is 1.86 bits per heavy atom. The summed E-state index contributed by atoms with van der Waals surface area (Å²) in [5, 5.41) is 17.3. The number of halogens is 2. The van der Waals surface area contributed by atoms with E-state index in [1.807, 2.05) is 30.3 Å². The molecular formula is C31H32F2N6O2S. The van der Waals surface area contributed by atoms with Crippen molar-refractivity contribution in [1.29, 1.82) is 0 Å². The number of ether oxygens (including phenoxy) is 1. The van der Waals surface area contributed by atoms with Gasteiger partial charge in [-0.3, -0.25) is 4.99 Å². The lowest BCUT2D eigenvalue weighted by atomic mass is 9.66. The molecule has 1 fully saturated rings. The molecule has 0 radical (unpaired) electrons. The minimum atomic E-state index is -0.558. The molecule has 0 bridgehead atoms. The number of nitrogens with zero attached hydrogens (tertiary/aromatic N) is 3. The Labute approximate surface area is 249 Å². The molecule has 0 aliphatic heterocycles. The summed E-state index contributed by atoms with van der Waals surface area (Å²) >= 11 is 5.39. The summed E-state index contributed by atoms with van der Waals surface area (Å²) in [6.07, 6.45) is 3.12. The zero-order valence-corrected chi connectivity index (χ0v) is 23.9. The predicted molar refractivity (Wildman–Crippen MR) is 164 cm³/mol. The highest BCUT2D eigenvalue weighted by molar-refractivity contribution is 7.80. The van der Waals surface area contributed by atoms with Crippen LogP contribution in [0.25, 0.3) is 11.3 Å². The summed E-state index contributed by atoms with van der Waals surface area (Å²) < 4.78 is 34.1. The number of carbonyl (C=O) groups excluding carboxylic acids is 1. The van der Waals surface area contributed by atoms with Crippen molar-refractivity contribution in [3.63, 3.8) is 0 Å². The van der Waals surface area contributed by atoms with Gasteiger partial charge in [-0.2, -0.15) is 0 Å². The Hall–Kier alpha value is -4.51. The van der Waals surface area contributed by atoms with E-state index < -0.39 is 23.2 Å². The highest BCUT2D eigenvalue weighted by atomic mass is 32.1. The minimum absolute atomic E-state index is 0.165. The van der Waals surface area contributed by atoms with Crippen LogP contribution in [0.2, 0.25) is 0 Å². The van der Waals surface area contributed by atoms with E-state index >= 15 is 0 Å². The van der Waals surface area contributed by atoms with Crippen LogP contribution >= 0.6 is 12.2 Å². The number of thiocarbonyl (C=S) groups is 1. The van der Waals surface area contributed by atoms with E-state index in [1.165, 1.54) is 6.07 Å². The number of rotatable bonds is 13. The molecule has 4 rings (SSSR count).